The lowest BCUT2D eigenvalue weighted by atomic mass is 9.85. The van der Waals surface area contributed by atoms with Crippen LogP contribution in [0.5, 0.6) is 11.5 Å². The van der Waals surface area contributed by atoms with Crippen molar-refractivity contribution in [2.45, 2.75) is 38.5 Å². The lowest BCUT2D eigenvalue weighted by molar-refractivity contribution is -0.0884. The zero-order valence-electron chi connectivity index (χ0n) is 11.9. The number of rotatable bonds is 7. The van der Waals surface area contributed by atoms with E-state index in [1.165, 1.54) is 0 Å². The summed E-state index contributed by atoms with van der Waals surface area (Å²) in [5.74, 6) is 1.68. The first-order chi connectivity index (χ1) is 9.28. The zero-order chi connectivity index (χ0) is 13.7. The Labute approximate surface area is 115 Å². The number of benzene rings is 1. The molecule has 0 amide bonds. The van der Waals surface area contributed by atoms with Gasteiger partial charge in [-0.25, -0.2) is 0 Å². The highest BCUT2D eigenvalue weighted by atomic mass is 16.5. The second-order valence-corrected chi connectivity index (χ2v) is 4.66. The van der Waals surface area contributed by atoms with E-state index < -0.39 is 0 Å². The Bertz CT molecular complexity index is 397. The monoisotopic (exact) mass is 265 g/mol. The summed E-state index contributed by atoms with van der Waals surface area (Å²) in [5.41, 5.74) is 0. The van der Waals surface area contributed by atoms with Crippen molar-refractivity contribution in [1.29, 1.82) is 0 Å². The maximum Gasteiger partial charge on any atom is 0.128 e. The molecule has 3 unspecified atom stereocenters. The van der Waals surface area contributed by atoms with Crippen LogP contribution >= 0.6 is 0 Å². The van der Waals surface area contributed by atoms with Gasteiger partial charge in [0, 0.05) is 25.6 Å². The van der Waals surface area contributed by atoms with Gasteiger partial charge in [-0.15, -0.1) is 0 Å². The van der Waals surface area contributed by atoms with E-state index in [1.54, 1.807) is 7.11 Å². The largest absolute Gasteiger partial charge is 0.494 e. The number of likely N-dealkylation sites (N-methyl/N-ethyl adjacent to an activating group) is 1. The van der Waals surface area contributed by atoms with Crippen LogP contribution in [0.4, 0.5) is 0 Å². The molecule has 0 aliphatic heterocycles. The topological polar surface area (TPSA) is 39.7 Å². The summed E-state index contributed by atoms with van der Waals surface area (Å²) < 4.78 is 16.9. The average molecular weight is 265 g/mol. The Morgan fingerprint density at radius 3 is 2.74 bits per heavy atom. The minimum Gasteiger partial charge on any atom is -0.494 e. The van der Waals surface area contributed by atoms with Gasteiger partial charge in [0.05, 0.1) is 6.61 Å². The van der Waals surface area contributed by atoms with Crippen molar-refractivity contribution in [3.05, 3.63) is 24.3 Å². The van der Waals surface area contributed by atoms with E-state index >= 15 is 0 Å². The summed E-state index contributed by atoms with van der Waals surface area (Å²) in [5, 5.41) is 3.40. The molecule has 0 heterocycles. The summed E-state index contributed by atoms with van der Waals surface area (Å²) in [6, 6.07) is 8.16. The number of methoxy groups -OCH3 is 1. The van der Waals surface area contributed by atoms with Crippen molar-refractivity contribution >= 4 is 0 Å². The lowest BCUT2D eigenvalue weighted by Gasteiger charge is -2.43. The Balaban J connectivity index is 1.92. The molecule has 1 aromatic carbocycles. The van der Waals surface area contributed by atoms with E-state index in [1.807, 2.05) is 31.2 Å². The lowest BCUT2D eigenvalue weighted by Crippen LogP contribution is -2.60. The van der Waals surface area contributed by atoms with Crippen molar-refractivity contribution in [1.82, 2.24) is 5.32 Å². The van der Waals surface area contributed by atoms with Crippen LogP contribution in [0.25, 0.3) is 0 Å². The quantitative estimate of drug-likeness (QED) is 0.820. The summed E-state index contributed by atoms with van der Waals surface area (Å²) in [6.07, 6.45) is 1.22. The van der Waals surface area contributed by atoms with Crippen molar-refractivity contribution < 1.29 is 14.2 Å². The third kappa shape index (κ3) is 3.39. The highest BCUT2D eigenvalue weighted by Crippen LogP contribution is 2.30. The fourth-order valence-corrected chi connectivity index (χ4v) is 2.45. The molecule has 1 aliphatic carbocycles. The normalized spacial score (nSPS) is 25.7. The Hall–Kier alpha value is -1.26. The van der Waals surface area contributed by atoms with E-state index in [4.69, 9.17) is 14.2 Å². The van der Waals surface area contributed by atoms with Crippen LogP contribution in [0.15, 0.2) is 24.3 Å². The highest BCUT2D eigenvalue weighted by Gasteiger charge is 2.42. The van der Waals surface area contributed by atoms with Gasteiger partial charge in [0.25, 0.3) is 0 Å². The van der Waals surface area contributed by atoms with Crippen LogP contribution in [-0.4, -0.2) is 38.5 Å². The number of hydrogen-bond donors (Lipinski definition) is 1. The molecular formula is C15H23NO3. The third-order valence-corrected chi connectivity index (χ3v) is 3.39. The summed E-state index contributed by atoms with van der Waals surface area (Å²) in [4.78, 5) is 0. The van der Waals surface area contributed by atoms with Gasteiger partial charge in [-0.3, -0.25) is 0 Å². The Morgan fingerprint density at radius 1 is 1.26 bits per heavy atom. The minimum atomic E-state index is 0.117. The first kappa shape index (κ1) is 14.2. The van der Waals surface area contributed by atoms with E-state index in [-0.39, 0.29) is 12.2 Å². The van der Waals surface area contributed by atoms with E-state index in [9.17, 15) is 0 Å². The molecule has 106 valence electrons. The van der Waals surface area contributed by atoms with Gasteiger partial charge in [0.15, 0.2) is 0 Å². The third-order valence-electron chi connectivity index (χ3n) is 3.39. The fourth-order valence-electron chi connectivity index (χ4n) is 2.45. The first-order valence-corrected chi connectivity index (χ1v) is 6.94. The molecule has 1 N–H and O–H groups in total. The zero-order valence-corrected chi connectivity index (χ0v) is 11.9. The van der Waals surface area contributed by atoms with Gasteiger partial charge in [0.2, 0.25) is 0 Å². The Kier molecular flexibility index (Phi) is 5.05. The molecule has 1 fully saturated rings. The molecular weight excluding hydrogens is 242 g/mol. The molecule has 19 heavy (non-hydrogen) atoms. The number of hydrogen-bond acceptors (Lipinski definition) is 4. The van der Waals surface area contributed by atoms with Crippen molar-refractivity contribution in [2.24, 2.45) is 0 Å². The van der Waals surface area contributed by atoms with E-state index in [0.717, 1.165) is 24.5 Å². The van der Waals surface area contributed by atoms with Gasteiger partial charge in [-0.05, 0) is 25.6 Å². The molecule has 0 radical (unpaired) electrons. The van der Waals surface area contributed by atoms with Crippen LogP contribution in [0.2, 0.25) is 0 Å². The summed E-state index contributed by atoms with van der Waals surface area (Å²) >= 11 is 0. The molecule has 3 atom stereocenters. The van der Waals surface area contributed by atoms with E-state index in [0.29, 0.717) is 12.6 Å². The van der Waals surface area contributed by atoms with Crippen molar-refractivity contribution in [3.8, 4) is 11.5 Å². The van der Waals surface area contributed by atoms with Gasteiger partial charge in [0.1, 0.15) is 23.7 Å². The molecule has 2 rings (SSSR count). The van der Waals surface area contributed by atoms with Crippen LogP contribution in [0.1, 0.15) is 20.3 Å². The maximum absolute atomic E-state index is 5.97. The first-order valence-electron chi connectivity index (χ1n) is 6.94. The molecule has 0 saturated heterocycles. The number of nitrogens with one attached hydrogen (secondary N) is 1. The van der Waals surface area contributed by atoms with Crippen molar-refractivity contribution in [2.75, 3.05) is 20.3 Å². The van der Waals surface area contributed by atoms with Gasteiger partial charge >= 0.3 is 0 Å². The second kappa shape index (κ2) is 6.78. The molecule has 1 saturated carbocycles. The van der Waals surface area contributed by atoms with Crippen LogP contribution < -0.4 is 14.8 Å². The smallest absolute Gasteiger partial charge is 0.128 e. The SMILES string of the molecule is CCNC1CC(Oc2cccc(OCC)c2)C1OC. The summed E-state index contributed by atoms with van der Waals surface area (Å²) in [6.45, 7) is 5.70. The average Bonchev–Trinajstić information content (AvgIpc) is 2.39. The molecule has 1 aromatic rings. The maximum atomic E-state index is 5.97. The van der Waals surface area contributed by atoms with Gasteiger partial charge in [-0.2, -0.15) is 0 Å². The molecule has 4 heteroatoms. The molecule has 0 bridgehead atoms. The fraction of sp³-hybridized carbons (Fsp3) is 0.600. The minimum absolute atomic E-state index is 0.117. The predicted molar refractivity (Wildman–Crippen MR) is 74.9 cm³/mol. The molecule has 4 nitrogen and oxygen atoms in total. The standard InChI is InChI=1S/C15H23NO3/c1-4-16-13-10-14(15(13)17-3)19-12-8-6-7-11(9-12)18-5-2/h6-9,13-16H,4-5,10H2,1-3H3. The van der Waals surface area contributed by atoms with Crippen LogP contribution in [-0.2, 0) is 4.74 Å². The Morgan fingerprint density at radius 2 is 2.05 bits per heavy atom. The predicted octanol–water partition coefficient (Wildman–Crippen LogP) is 2.23. The van der Waals surface area contributed by atoms with Gasteiger partial charge in [-0.1, -0.05) is 13.0 Å². The molecule has 0 spiro atoms. The van der Waals surface area contributed by atoms with Crippen LogP contribution in [0.3, 0.4) is 0 Å². The molecule has 0 aromatic heterocycles. The summed E-state index contributed by atoms with van der Waals surface area (Å²) in [7, 11) is 1.74. The van der Waals surface area contributed by atoms with Gasteiger partial charge < -0.3 is 19.5 Å². The molecule has 1 aliphatic rings. The second-order valence-electron chi connectivity index (χ2n) is 4.66. The number of ether oxygens (including phenoxy) is 3. The van der Waals surface area contributed by atoms with E-state index in [2.05, 4.69) is 12.2 Å². The highest BCUT2D eigenvalue weighted by molar-refractivity contribution is 5.33. The van der Waals surface area contributed by atoms with Crippen molar-refractivity contribution in [3.63, 3.8) is 0 Å². The van der Waals surface area contributed by atoms with Crippen LogP contribution in [0, 0.1) is 0 Å².